The van der Waals surface area contributed by atoms with Crippen LogP contribution in [-0.2, 0) is 14.3 Å². The van der Waals surface area contributed by atoms with Crippen LogP contribution in [0.5, 0.6) is 0 Å². The first kappa shape index (κ1) is 19.5. The predicted octanol–water partition coefficient (Wildman–Crippen LogP) is 0.355. The zero-order chi connectivity index (χ0) is 19.9. The summed E-state index contributed by atoms with van der Waals surface area (Å²) in [6.45, 7) is 4.82. The van der Waals surface area contributed by atoms with Gasteiger partial charge in [0.15, 0.2) is 5.65 Å². The molecular formula is C16H22N4O6S. The summed E-state index contributed by atoms with van der Waals surface area (Å²) in [7, 11) is 0. The highest BCUT2D eigenvalue weighted by atomic mass is 32.1. The fourth-order valence-electron chi connectivity index (χ4n) is 3.43. The molecular weight excluding hydrogens is 376 g/mol. The van der Waals surface area contributed by atoms with Crippen LogP contribution in [0.4, 0.5) is 5.95 Å². The molecule has 2 aromatic heterocycles. The van der Waals surface area contributed by atoms with E-state index in [0.29, 0.717) is 12.8 Å². The molecule has 10 nitrogen and oxygen atoms in total. The van der Waals surface area contributed by atoms with Gasteiger partial charge in [-0.1, -0.05) is 18.3 Å². The monoisotopic (exact) mass is 398 g/mol. The standard InChI is InChI=1S/C16H22N4O6S/c1-4-9(22)10-5-8(6(2)25-7(3)21)14(26-10)20-12-11(27-16(20)24)13(23)19-15(17)18-12/h6,8-10,14,22H,4-5H2,1-3H3,(H3,17,18,19,23)/t6-,8-,9-,10?,14+/m0/s1. The van der Waals surface area contributed by atoms with Crippen molar-refractivity contribution in [1.82, 2.24) is 14.5 Å². The molecule has 0 bridgehead atoms. The van der Waals surface area contributed by atoms with Crippen molar-refractivity contribution in [3.8, 4) is 0 Å². The summed E-state index contributed by atoms with van der Waals surface area (Å²) < 4.78 is 12.7. The molecule has 0 spiro atoms. The maximum absolute atomic E-state index is 12.6. The Morgan fingerprint density at radius 3 is 2.89 bits per heavy atom. The number of aliphatic hydroxyl groups excluding tert-OH is 1. The number of thiazole rings is 1. The van der Waals surface area contributed by atoms with Crippen LogP contribution in [0.1, 0.15) is 39.8 Å². The number of hydrogen-bond acceptors (Lipinski definition) is 9. The van der Waals surface area contributed by atoms with E-state index in [1.165, 1.54) is 11.5 Å². The lowest BCUT2D eigenvalue weighted by Gasteiger charge is -2.24. The summed E-state index contributed by atoms with van der Waals surface area (Å²) in [5.41, 5.74) is 5.24. The van der Waals surface area contributed by atoms with Crippen LogP contribution >= 0.6 is 11.3 Å². The molecule has 0 aromatic carbocycles. The second kappa shape index (κ2) is 7.41. The number of aliphatic hydroxyl groups is 1. The summed E-state index contributed by atoms with van der Waals surface area (Å²) in [5, 5.41) is 10.2. The molecule has 27 heavy (non-hydrogen) atoms. The highest BCUT2D eigenvalue weighted by molar-refractivity contribution is 7.16. The van der Waals surface area contributed by atoms with Gasteiger partial charge in [-0.3, -0.25) is 23.9 Å². The number of esters is 1. The molecule has 3 heterocycles. The maximum Gasteiger partial charge on any atom is 0.311 e. The average molecular weight is 398 g/mol. The van der Waals surface area contributed by atoms with Gasteiger partial charge in [-0.2, -0.15) is 4.98 Å². The Morgan fingerprint density at radius 2 is 2.26 bits per heavy atom. The van der Waals surface area contributed by atoms with E-state index in [4.69, 9.17) is 15.2 Å². The average Bonchev–Trinajstić information content (AvgIpc) is 3.14. The van der Waals surface area contributed by atoms with Gasteiger partial charge in [-0.15, -0.1) is 0 Å². The molecule has 1 aliphatic rings. The predicted molar refractivity (Wildman–Crippen MR) is 98.5 cm³/mol. The molecule has 0 saturated carbocycles. The first-order chi connectivity index (χ1) is 12.7. The fraction of sp³-hybridized carbons (Fsp3) is 0.625. The zero-order valence-corrected chi connectivity index (χ0v) is 16.0. The SMILES string of the molecule is CC[C@H](O)C1C[C@@H]([C@H](C)OC(C)=O)[C@H](n2c(=O)sc3c(=O)[nH]c(N)nc32)O1. The highest BCUT2D eigenvalue weighted by Gasteiger charge is 2.44. The topological polar surface area (TPSA) is 150 Å². The Hall–Kier alpha value is -2.24. The molecule has 0 amide bonds. The number of nitrogens with two attached hydrogens (primary N) is 1. The van der Waals surface area contributed by atoms with E-state index in [9.17, 15) is 19.5 Å². The highest BCUT2D eigenvalue weighted by Crippen LogP contribution is 2.40. The van der Waals surface area contributed by atoms with E-state index in [1.807, 2.05) is 6.92 Å². The minimum absolute atomic E-state index is 0.114. The number of ether oxygens (including phenoxy) is 2. The molecule has 4 N–H and O–H groups in total. The molecule has 1 unspecified atom stereocenters. The molecule has 148 valence electrons. The summed E-state index contributed by atoms with van der Waals surface area (Å²) in [5.74, 6) is -0.980. The number of aromatic nitrogens is 3. The number of nitrogen functional groups attached to an aromatic ring is 1. The molecule has 1 saturated heterocycles. The van der Waals surface area contributed by atoms with Gasteiger partial charge >= 0.3 is 10.8 Å². The minimum atomic E-state index is -0.847. The van der Waals surface area contributed by atoms with E-state index in [2.05, 4.69) is 9.97 Å². The Bertz CT molecular complexity index is 966. The van der Waals surface area contributed by atoms with Gasteiger partial charge in [-0.05, 0) is 19.8 Å². The number of carbonyl (C=O) groups is 1. The van der Waals surface area contributed by atoms with Gasteiger partial charge in [0.05, 0.1) is 12.2 Å². The van der Waals surface area contributed by atoms with Crippen molar-refractivity contribution in [3.05, 3.63) is 20.0 Å². The third kappa shape index (κ3) is 3.62. The molecule has 0 radical (unpaired) electrons. The maximum atomic E-state index is 12.6. The Labute approximate surface area is 157 Å². The Morgan fingerprint density at radius 1 is 1.56 bits per heavy atom. The van der Waals surface area contributed by atoms with Crippen LogP contribution < -0.4 is 16.2 Å². The summed E-state index contributed by atoms with van der Waals surface area (Å²) in [6.07, 6.45) is -1.83. The number of fused-ring (bicyclic) bond motifs is 1. The second-order valence-corrected chi connectivity index (χ2v) is 7.56. The quantitative estimate of drug-likeness (QED) is 0.611. The van der Waals surface area contributed by atoms with Crippen LogP contribution in [0.15, 0.2) is 9.59 Å². The van der Waals surface area contributed by atoms with Crippen LogP contribution in [0, 0.1) is 5.92 Å². The lowest BCUT2D eigenvalue weighted by molar-refractivity contribution is -0.150. The summed E-state index contributed by atoms with van der Waals surface area (Å²) in [6, 6.07) is 0. The van der Waals surface area contributed by atoms with Gasteiger partial charge in [0.1, 0.15) is 17.0 Å². The second-order valence-electron chi connectivity index (χ2n) is 6.60. The Kier molecular flexibility index (Phi) is 5.36. The summed E-state index contributed by atoms with van der Waals surface area (Å²) in [4.78, 5) is 42.1. The van der Waals surface area contributed by atoms with Crippen molar-refractivity contribution in [2.24, 2.45) is 5.92 Å². The van der Waals surface area contributed by atoms with Crippen LogP contribution in [0.2, 0.25) is 0 Å². The number of aromatic amines is 1. The molecule has 3 rings (SSSR count). The number of hydrogen-bond donors (Lipinski definition) is 3. The van der Waals surface area contributed by atoms with Gasteiger partial charge in [0.25, 0.3) is 5.56 Å². The van der Waals surface area contributed by atoms with E-state index in [-0.39, 0.29) is 16.3 Å². The first-order valence-corrected chi connectivity index (χ1v) is 9.46. The third-order valence-electron chi connectivity index (χ3n) is 4.73. The third-order valence-corrected chi connectivity index (χ3v) is 5.68. The van der Waals surface area contributed by atoms with E-state index >= 15 is 0 Å². The van der Waals surface area contributed by atoms with Crippen LogP contribution in [-0.4, -0.2) is 43.9 Å². The number of H-pyrrole nitrogens is 1. The molecule has 5 atom stereocenters. The van der Waals surface area contributed by atoms with Gasteiger partial charge in [-0.25, -0.2) is 0 Å². The number of nitrogens with one attached hydrogen (secondary N) is 1. The zero-order valence-electron chi connectivity index (χ0n) is 15.2. The van der Waals surface area contributed by atoms with E-state index < -0.39 is 46.9 Å². The normalized spacial score (nSPS) is 24.8. The van der Waals surface area contributed by atoms with Crippen molar-refractivity contribution < 1.29 is 19.4 Å². The number of anilines is 1. The fourth-order valence-corrected chi connectivity index (χ4v) is 4.27. The first-order valence-electron chi connectivity index (χ1n) is 8.64. The van der Waals surface area contributed by atoms with Crippen molar-refractivity contribution in [2.75, 3.05) is 5.73 Å². The lowest BCUT2D eigenvalue weighted by atomic mass is 9.95. The van der Waals surface area contributed by atoms with E-state index in [0.717, 1.165) is 11.3 Å². The van der Waals surface area contributed by atoms with Crippen molar-refractivity contribution in [2.45, 2.75) is 58.2 Å². The van der Waals surface area contributed by atoms with Crippen molar-refractivity contribution >= 4 is 33.6 Å². The molecule has 1 aliphatic heterocycles. The van der Waals surface area contributed by atoms with Crippen molar-refractivity contribution in [1.29, 1.82) is 0 Å². The molecule has 1 fully saturated rings. The van der Waals surface area contributed by atoms with Crippen molar-refractivity contribution in [3.63, 3.8) is 0 Å². The molecule has 11 heteroatoms. The minimum Gasteiger partial charge on any atom is -0.462 e. The molecule has 2 aromatic rings. The van der Waals surface area contributed by atoms with Crippen LogP contribution in [0.3, 0.4) is 0 Å². The van der Waals surface area contributed by atoms with E-state index in [1.54, 1.807) is 6.92 Å². The number of rotatable bonds is 5. The lowest BCUT2D eigenvalue weighted by Crippen LogP contribution is -2.32. The van der Waals surface area contributed by atoms with Gasteiger partial charge in [0, 0.05) is 12.8 Å². The number of carbonyl (C=O) groups excluding carboxylic acids is 1. The van der Waals surface area contributed by atoms with Gasteiger partial charge in [0.2, 0.25) is 5.95 Å². The van der Waals surface area contributed by atoms with Crippen LogP contribution in [0.25, 0.3) is 10.3 Å². The van der Waals surface area contributed by atoms with Gasteiger partial charge < -0.3 is 20.3 Å². The molecule has 0 aliphatic carbocycles. The largest absolute Gasteiger partial charge is 0.462 e. The Balaban J connectivity index is 2.10. The smallest absolute Gasteiger partial charge is 0.311 e. The summed E-state index contributed by atoms with van der Waals surface area (Å²) >= 11 is 0.739. The number of nitrogens with zero attached hydrogens (tertiary/aromatic N) is 2.